The maximum absolute atomic E-state index is 8.25. The van der Waals surface area contributed by atoms with Crippen LogP contribution in [-0.4, -0.2) is 10.2 Å². The summed E-state index contributed by atoms with van der Waals surface area (Å²) in [6.45, 7) is 4.35. The minimum absolute atomic E-state index is 0.00525. The summed E-state index contributed by atoms with van der Waals surface area (Å²) in [7, 11) is 0. The lowest BCUT2D eigenvalue weighted by Crippen LogP contribution is -3.66. The molecule has 2 aromatic rings. The fourth-order valence-corrected chi connectivity index (χ4v) is 10.3. The minimum Gasteiger partial charge on any atom is -0.356 e. The molecule has 2 bridgehead atoms. The zero-order valence-electron chi connectivity index (χ0n) is 16.7. The maximum atomic E-state index is 8.25. The Morgan fingerprint density at radius 1 is 0.677 bits per heavy atom. The molecule has 164 valence electrons. The highest BCUT2D eigenvalue weighted by molar-refractivity contribution is 5.29. The largest absolute Gasteiger partial charge is 0.358 e. The summed E-state index contributed by atoms with van der Waals surface area (Å²) < 4.78 is 6.84. The van der Waals surface area contributed by atoms with E-state index in [0.29, 0.717) is 0 Å². The Kier molecular flexibility index (Phi) is 9.68. The molecule has 0 aliphatic heterocycles. The topological polar surface area (TPSA) is 132 Å². The number of nitrogens with zero attached hydrogens (tertiary/aromatic N) is 2. The van der Waals surface area contributed by atoms with Crippen LogP contribution in [0.1, 0.15) is 17.5 Å². The van der Waals surface area contributed by atoms with Crippen molar-refractivity contribution in [2.45, 2.75) is 20.3 Å². The zero-order valence-corrected chi connectivity index (χ0v) is 21.1. The molecule has 0 fully saturated rings. The van der Waals surface area contributed by atoms with E-state index in [-0.39, 0.29) is 42.4 Å². The summed E-state index contributed by atoms with van der Waals surface area (Å²) in [5, 5.41) is 29.5. The number of rotatable bonds is 4. The minimum atomic E-state index is -1.75. The second-order valence-electron chi connectivity index (χ2n) is 6.76. The van der Waals surface area contributed by atoms with Crippen molar-refractivity contribution in [2.75, 3.05) is 0 Å². The molecule has 0 N–H and O–H groups in total. The summed E-state index contributed by atoms with van der Waals surface area (Å²) in [5.41, 5.74) is 2.73. The molecule has 0 spiro atoms. The van der Waals surface area contributed by atoms with E-state index in [4.69, 9.17) is 30.6 Å². The normalized spacial score (nSPS) is 18.0. The number of fused-ring (bicyclic) bond motifs is 2. The molecule has 0 radical (unpaired) electrons. The van der Waals surface area contributed by atoms with Gasteiger partial charge in [-0.05, 0) is 44.5 Å². The van der Waals surface area contributed by atoms with Crippen LogP contribution in [0.5, 0.6) is 0 Å². The van der Waals surface area contributed by atoms with Crippen molar-refractivity contribution in [1.29, 1.82) is 0 Å². The average molecular weight is 650 g/mol. The van der Waals surface area contributed by atoms with Crippen molar-refractivity contribution in [1.82, 2.24) is 0 Å². The fourth-order valence-electron chi connectivity index (χ4n) is 3.09. The van der Waals surface area contributed by atoms with Crippen LogP contribution in [-0.2, 0) is 0 Å². The van der Waals surface area contributed by atoms with Gasteiger partial charge in [-0.1, -0.05) is 47.5 Å². The van der Waals surface area contributed by atoms with Crippen molar-refractivity contribution < 1.29 is 52.6 Å². The quantitative estimate of drug-likeness (QED) is 0.171. The smallest absolute Gasteiger partial charge is 0.356 e. The number of allylic oxidation sites excluding steroid dienone is 4. The predicted molar refractivity (Wildman–Crippen MR) is 108 cm³/mol. The van der Waals surface area contributed by atoms with Crippen molar-refractivity contribution in [2.24, 2.45) is 11.8 Å². The van der Waals surface area contributed by atoms with E-state index < -0.39 is 10.2 Å². The highest BCUT2D eigenvalue weighted by Crippen LogP contribution is 2.36. The lowest BCUT2D eigenvalue weighted by atomic mass is 10.2. The third kappa shape index (κ3) is 8.44. The SMILES string of the molecule is Cc1ccc([I+]C2=C([I+]c3ccc(C)cc3)C3C=CC2C3)cc1.O=[N+]([O-])[O-].O=[N+]([O-])[O-]. The van der Waals surface area contributed by atoms with Gasteiger partial charge in [0.25, 0.3) is 0 Å². The first kappa shape index (κ1) is 25.0. The van der Waals surface area contributed by atoms with Gasteiger partial charge in [0.05, 0.1) is 22.0 Å². The monoisotopic (exact) mass is 650 g/mol. The second-order valence-corrected chi connectivity index (χ2v) is 12.7. The number of benzene rings is 2. The first-order valence-corrected chi connectivity index (χ1v) is 13.5. The van der Waals surface area contributed by atoms with Crippen LogP contribution in [0.2, 0.25) is 0 Å². The first-order chi connectivity index (χ1) is 14.7. The first-order valence-electron chi connectivity index (χ1n) is 9.14. The molecule has 0 amide bonds. The van der Waals surface area contributed by atoms with Gasteiger partial charge in [-0.2, -0.15) is 0 Å². The summed E-state index contributed by atoms with van der Waals surface area (Å²) in [6, 6.07) is 18.5. The van der Waals surface area contributed by atoms with E-state index in [1.807, 2.05) is 7.16 Å². The Bertz CT molecular complexity index is 889. The van der Waals surface area contributed by atoms with Gasteiger partial charge < -0.3 is 30.6 Å². The van der Waals surface area contributed by atoms with Gasteiger partial charge in [-0.3, -0.25) is 0 Å². The van der Waals surface area contributed by atoms with E-state index >= 15 is 0 Å². The van der Waals surface area contributed by atoms with Gasteiger partial charge in [0.15, 0.2) is 7.14 Å². The lowest BCUT2D eigenvalue weighted by molar-refractivity contribution is -0.622. The molecule has 0 saturated heterocycles. The molecule has 2 atom stereocenters. The molecule has 4 rings (SSSR count). The number of hydrogen-bond acceptors (Lipinski definition) is 6. The molecule has 2 aromatic carbocycles. The van der Waals surface area contributed by atoms with Crippen molar-refractivity contribution in [3.63, 3.8) is 0 Å². The molecule has 10 heteroatoms. The van der Waals surface area contributed by atoms with Gasteiger partial charge in [0.2, 0.25) is 7.16 Å². The van der Waals surface area contributed by atoms with E-state index in [1.165, 1.54) is 17.5 Å². The van der Waals surface area contributed by atoms with Crippen LogP contribution in [0.25, 0.3) is 0 Å². The van der Waals surface area contributed by atoms with E-state index in [2.05, 4.69) is 74.5 Å². The highest BCUT2D eigenvalue weighted by atomic mass is 127. The highest BCUT2D eigenvalue weighted by Gasteiger charge is 2.50. The third-order valence-electron chi connectivity index (χ3n) is 4.41. The molecular weight excluding hydrogens is 630 g/mol. The number of aryl methyl sites for hydroxylation is 2. The average Bonchev–Trinajstić information content (AvgIpc) is 3.27. The second kappa shape index (κ2) is 12.0. The van der Waals surface area contributed by atoms with Gasteiger partial charge in [0.1, 0.15) is 0 Å². The van der Waals surface area contributed by atoms with Crippen molar-refractivity contribution >= 4 is 0 Å². The predicted octanol–water partition coefficient (Wildman–Crippen LogP) is -1.54. The lowest BCUT2D eigenvalue weighted by Gasteiger charge is -1.98. The van der Waals surface area contributed by atoms with Gasteiger partial charge in [-0.15, -0.1) is 0 Å². The molecule has 2 unspecified atom stereocenters. The Morgan fingerprint density at radius 3 is 1.26 bits per heavy atom. The third-order valence-corrected chi connectivity index (χ3v) is 12.0. The summed E-state index contributed by atoms with van der Waals surface area (Å²) in [4.78, 5) is 16.5. The summed E-state index contributed by atoms with van der Waals surface area (Å²) in [5.74, 6) is 1.52. The van der Waals surface area contributed by atoms with Crippen LogP contribution in [0.3, 0.4) is 0 Å². The van der Waals surface area contributed by atoms with Crippen LogP contribution in [0, 0.1) is 63.5 Å². The Balaban J connectivity index is 0.000000370. The fraction of sp³-hybridized carbons (Fsp3) is 0.238. The number of hydrogen-bond donors (Lipinski definition) is 0. The molecule has 0 heterocycles. The van der Waals surface area contributed by atoms with Crippen LogP contribution in [0.4, 0.5) is 0 Å². The zero-order chi connectivity index (χ0) is 23.0. The van der Waals surface area contributed by atoms with E-state index in [1.54, 1.807) is 7.14 Å². The molecule has 0 saturated carbocycles. The van der Waals surface area contributed by atoms with Crippen LogP contribution < -0.4 is 42.4 Å². The van der Waals surface area contributed by atoms with Crippen molar-refractivity contribution in [3.8, 4) is 0 Å². The van der Waals surface area contributed by atoms with Crippen LogP contribution in [0.15, 0.2) is 67.8 Å². The van der Waals surface area contributed by atoms with E-state index in [0.717, 1.165) is 11.8 Å². The van der Waals surface area contributed by atoms with Gasteiger partial charge >= 0.3 is 42.4 Å². The molecule has 31 heavy (non-hydrogen) atoms. The van der Waals surface area contributed by atoms with Crippen molar-refractivity contribution in [3.05, 3.63) is 117 Å². The molecular formula is C21H20I2N2O6. The van der Waals surface area contributed by atoms with E-state index in [9.17, 15) is 0 Å². The molecule has 2 aliphatic carbocycles. The molecule has 8 nitrogen and oxygen atoms in total. The summed E-state index contributed by atoms with van der Waals surface area (Å²) >= 11 is 0.0105. The van der Waals surface area contributed by atoms with Gasteiger partial charge in [-0.25, -0.2) is 0 Å². The van der Waals surface area contributed by atoms with Gasteiger partial charge in [0, 0.05) is 0 Å². The van der Waals surface area contributed by atoms with Crippen LogP contribution >= 0.6 is 0 Å². The molecule has 0 aromatic heterocycles. The Morgan fingerprint density at radius 2 is 0.968 bits per heavy atom. The molecule has 2 aliphatic rings. The standard InChI is InChI=1S/C21H20I2.2NO3/c1-14-3-9-18(10-4-14)22-20-16-7-8-17(13-16)21(20)23-19-11-5-15(2)6-12-19;2*2-1(3)4/h3-12,16-17H,13H2,1-2H3;;/q+2;2*-1. The number of halogens is 2. The summed E-state index contributed by atoms with van der Waals surface area (Å²) in [6.07, 6.45) is 6.33. The Labute approximate surface area is 200 Å². The maximum Gasteiger partial charge on any atom is 0.358 e. The Hall–Kier alpha value is -2.22.